The Morgan fingerprint density at radius 3 is 1.98 bits per heavy atom. The first-order valence-corrected chi connectivity index (χ1v) is 12.6. The number of methoxy groups -OCH3 is 1. The fraction of sp³-hybridized carbons (Fsp3) is 0.500. The minimum Gasteiger partial charge on any atom is -0.381 e. The zero-order valence-electron chi connectivity index (χ0n) is 22.3. The molecule has 3 aromatic rings. The number of hydrogen-bond acceptors (Lipinski definition) is 6. The molecule has 7 nitrogen and oxygen atoms in total. The molecule has 0 radical (unpaired) electrons. The number of nitrogens with zero attached hydrogens (tertiary/aromatic N) is 5. The van der Waals surface area contributed by atoms with E-state index >= 15 is 0 Å². The number of hydrogen-bond donors (Lipinski definition) is 0. The van der Waals surface area contributed by atoms with Crippen LogP contribution in [0.5, 0.6) is 0 Å². The molecule has 1 aromatic heterocycles. The Balaban J connectivity index is 1.81. The average Bonchev–Trinajstić information content (AvgIpc) is 3.34. The van der Waals surface area contributed by atoms with Crippen LogP contribution in [0.25, 0.3) is 0 Å². The van der Waals surface area contributed by atoms with Gasteiger partial charge in [-0.2, -0.15) is 44.3 Å². The molecule has 2 heterocycles. The van der Waals surface area contributed by atoms with E-state index in [1.54, 1.807) is 0 Å². The van der Waals surface area contributed by atoms with E-state index in [-0.39, 0.29) is 23.5 Å². The van der Waals surface area contributed by atoms with E-state index < -0.39 is 60.0 Å². The predicted molar refractivity (Wildman–Crippen MR) is 130 cm³/mol. The number of alkyl halides is 9. The molecule has 2 aromatic carbocycles. The second-order valence-electron chi connectivity index (χ2n) is 9.87. The molecule has 0 amide bonds. The maximum Gasteiger partial charge on any atom is 0.416 e. The molecular weight excluding hydrogens is 585 g/mol. The number of ether oxygens (including phenoxy) is 2. The molecule has 230 valence electrons. The Morgan fingerprint density at radius 1 is 0.881 bits per heavy atom. The molecule has 4 rings (SSSR count). The summed E-state index contributed by atoms with van der Waals surface area (Å²) in [4.78, 5) is 2.17. The average molecular weight is 612 g/mol. The lowest BCUT2D eigenvalue weighted by Gasteiger charge is -2.32. The van der Waals surface area contributed by atoms with Crippen LogP contribution in [0.1, 0.15) is 52.3 Å². The summed E-state index contributed by atoms with van der Waals surface area (Å²) in [6.07, 6.45) is -14.4. The number of tetrazole rings is 1. The van der Waals surface area contributed by atoms with Crippen LogP contribution >= 0.6 is 0 Å². The highest BCUT2D eigenvalue weighted by Gasteiger charge is 2.38. The maximum absolute atomic E-state index is 13.7. The van der Waals surface area contributed by atoms with E-state index in [9.17, 15) is 39.5 Å². The topological polar surface area (TPSA) is 65.3 Å². The van der Waals surface area contributed by atoms with Gasteiger partial charge in [0.05, 0.1) is 29.8 Å². The van der Waals surface area contributed by atoms with Crippen LogP contribution in [0.2, 0.25) is 0 Å². The lowest BCUT2D eigenvalue weighted by atomic mass is 9.86. The summed E-state index contributed by atoms with van der Waals surface area (Å²) < 4.78 is 133. The third-order valence-electron chi connectivity index (χ3n) is 6.89. The summed E-state index contributed by atoms with van der Waals surface area (Å²) in [7, 11) is 2.79. The maximum atomic E-state index is 13.7. The molecule has 1 unspecified atom stereocenters. The molecule has 1 aliphatic rings. The van der Waals surface area contributed by atoms with Crippen molar-refractivity contribution in [1.29, 1.82) is 0 Å². The Morgan fingerprint density at radius 2 is 1.48 bits per heavy atom. The fourth-order valence-electron chi connectivity index (χ4n) is 4.92. The number of aryl methyl sites for hydroxylation is 1. The van der Waals surface area contributed by atoms with Crippen molar-refractivity contribution >= 4 is 5.95 Å². The van der Waals surface area contributed by atoms with Gasteiger partial charge >= 0.3 is 18.5 Å². The predicted octanol–water partition coefficient (Wildman–Crippen LogP) is 6.59. The highest BCUT2D eigenvalue weighted by atomic mass is 19.4. The second-order valence-corrected chi connectivity index (χ2v) is 9.87. The minimum absolute atomic E-state index is 0.00358. The van der Waals surface area contributed by atoms with Gasteiger partial charge in [-0.15, -0.1) is 5.10 Å². The first kappa shape index (κ1) is 31.5. The molecular formula is C26H26F9N5O2. The molecule has 0 bridgehead atoms. The summed E-state index contributed by atoms with van der Waals surface area (Å²) in [6.45, 7) is -0.171. The monoisotopic (exact) mass is 611 g/mol. The largest absolute Gasteiger partial charge is 0.416 e. The summed E-state index contributed by atoms with van der Waals surface area (Å²) in [5.74, 6) is -0.327. The van der Waals surface area contributed by atoms with E-state index in [1.165, 1.54) is 25.1 Å². The van der Waals surface area contributed by atoms with E-state index in [4.69, 9.17) is 9.47 Å². The Bertz CT molecular complexity index is 1330. The van der Waals surface area contributed by atoms with Gasteiger partial charge in [0.25, 0.3) is 5.95 Å². The number of benzene rings is 2. The van der Waals surface area contributed by atoms with Crippen molar-refractivity contribution in [3.8, 4) is 0 Å². The summed E-state index contributed by atoms with van der Waals surface area (Å²) in [5, 5.41) is 11.5. The van der Waals surface area contributed by atoms with Crippen molar-refractivity contribution < 1.29 is 49.0 Å². The number of rotatable bonds is 8. The van der Waals surface area contributed by atoms with E-state index in [0.717, 1.165) is 16.9 Å². The van der Waals surface area contributed by atoms with Gasteiger partial charge in [-0.05, 0) is 71.0 Å². The van der Waals surface area contributed by atoms with Gasteiger partial charge in [0.2, 0.25) is 0 Å². The Hall–Kier alpha value is -3.40. The smallest absolute Gasteiger partial charge is 0.381 e. The molecule has 16 heteroatoms. The van der Waals surface area contributed by atoms with Crippen LogP contribution in [0.15, 0.2) is 36.4 Å². The Kier molecular flexibility index (Phi) is 9.06. The summed E-state index contributed by atoms with van der Waals surface area (Å²) in [6, 6.07) is 4.15. The van der Waals surface area contributed by atoms with Crippen LogP contribution in [-0.4, -0.2) is 40.5 Å². The molecule has 42 heavy (non-hydrogen) atoms. The van der Waals surface area contributed by atoms with Crippen LogP contribution in [-0.2, 0) is 48.1 Å². The second kappa shape index (κ2) is 12.1. The molecule has 0 spiro atoms. The zero-order chi connectivity index (χ0) is 30.9. The third-order valence-corrected chi connectivity index (χ3v) is 6.89. The van der Waals surface area contributed by atoms with Crippen LogP contribution in [0.4, 0.5) is 45.5 Å². The molecule has 0 aliphatic carbocycles. The van der Waals surface area contributed by atoms with Crippen molar-refractivity contribution in [2.45, 2.75) is 50.6 Å². The zero-order valence-corrected chi connectivity index (χ0v) is 22.3. The highest BCUT2D eigenvalue weighted by molar-refractivity contribution is 5.42. The van der Waals surface area contributed by atoms with E-state index in [1.807, 2.05) is 0 Å². The first-order valence-electron chi connectivity index (χ1n) is 12.6. The lowest BCUT2D eigenvalue weighted by Crippen LogP contribution is -2.28. The van der Waals surface area contributed by atoms with E-state index in [2.05, 4.69) is 15.4 Å². The van der Waals surface area contributed by atoms with Crippen LogP contribution < -0.4 is 4.90 Å². The van der Waals surface area contributed by atoms with Crippen molar-refractivity contribution in [1.82, 2.24) is 20.2 Å². The molecule has 0 saturated carbocycles. The SMILES string of the molecule is COC(c1ccc(C(F)(F)F)cc1CN(Cc1cc(C(F)(F)F)cc(C(F)(F)F)c1)c1nnn(C)n1)C1CCOCC1. The standard InChI is InChI=1S/C26H26F9N5O2/c1-39-37-23(36-38-39)40(13-15-9-19(25(30,31)32)12-20(10-15)26(33,34)35)14-17-11-18(24(27,28)29)3-4-21(17)22(41-2)16-5-7-42-8-6-16/h3-4,9-12,16,22H,5-8,13-14H2,1-2H3. The molecule has 1 fully saturated rings. The van der Waals surface area contributed by atoms with E-state index in [0.29, 0.717) is 43.8 Å². The quantitative estimate of drug-likeness (QED) is 0.268. The summed E-state index contributed by atoms with van der Waals surface area (Å²) >= 11 is 0. The van der Waals surface area contributed by atoms with Gasteiger partial charge in [0, 0.05) is 33.4 Å². The van der Waals surface area contributed by atoms with Gasteiger partial charge in [0.15, 0.2) is 0 Å². The van der Waals surface area contributed by atoms with Gasteiger partial charge in [-0.1, -0.05) is 11.2 Å². The van der Waals surface area contributed by atoms with Gasteiger partial charge in [-0.3, -0.25) is 0 Å². The molecule has 1 saturated heterocycles. The van der Waals surface area contributed by atoms with Crippen molar-refractivity contribution in [3.63, 3.8) is 0 Å². The Labute approximate surface area is 234 Å². The molecule has 1 atom stereocenters. The van der Waals surface area contributed by atoms with Crippen molar-refractivity contribution in [2.24, 2.45) is 13.0 Å². The highest BCUT2D eigenvalue weighted by Crippen LogP contribution is 2.39. The molecule has 1 aliphatic heterocycles. The van der Waals surface area contributed by atoms with Gasteiger partial charge in [0.1, 0.15) is 0 Å². The van der Waals surface area contributed by atoms with Gasteiger partial charge in [-0.25, -0.2) is 0 Å². The van der Waals surface area contributed by atoms with Gasteiger partial charge < -0.3 is 14.4 Å². The number of aromatic nitrogens is 4. The lowest BCUT2D eigenvalue weighted by molar-refractivity contribution is -0.143. The summed E-state index contributed by atoms with van der Waals surface area (Å²) in [5.41, 5.74) is -4.00. The number of halogens is 9. The van der Waals surface area contributed by atoms with Crippen molar-refractivity contribution in [2.75, 3.05) is 25.2 Å². The number of anilines is 1. The third kappa shape index (κ3) is 7.51. The first-order chi connectivity index (χ1) is 19.6. The minimum atomic E-state index is -5.09. The van der Waals surface area contributed by atoms with Crippen LogP contribution in [0, 0.1) is 5.92 Å². The molecule has 0 N–H and O–H groups in total. The fourth-order valence-corrected chi connectivity index (χ4v) is 4.92. The van der Waals surface area contributed by atoms with Crippen molar-refractivity contribution in [3.05, 3.63) is 69.8 Å². The normalized spacial score (nSPS) is 16.1. The van der Waals surface area contributed by atoms with Crippen LogP contribution in [0.3, 0.4) is 0 Å².